The minimum Gasteiger partial charge on any atom is -0.494 e. The SMILES string of the molecule is CCCCCCOc1cccc(/C=N/Nc2cn[nH]c(=O)n2)c1. The Balaban J connectivity index is 1.84. The van der Waals surface area contributed by atoms with Crippen molar-refractivity contribution in [3.8, 4) is 5.75 Å². The van der Waals surface area contributed by atoms with E-state index >= 15 is 0 Å². The lowest BCUT2D eigenvalue weighted by atomic mass is 10.2. The Hall–Kier alpha value is -2.70. The van der Waals surface area contributed by atoms with E-state index in [0.29, 0.717) is 0 Å². The second-order valence-electron chi connectivity index (χ2n) is 5.02. The Morgan fingerprint density at radius 3 is 3.09 bits per heavy atom. The molecule has 7 heteroatoms. The van der Waals surface area contributed by atoms with Crippen molar-refractivity contribution in [2.75, 3.05) is 12.0 Å². The van der Waals surface area contributed by atoms with Gasteiger partial charge in [-0.25, -0.2) is 9.89 Å². The number of hydrazone groups is 1. The number of nitrogens with one attached hydrogen (secondary N) is 2. The molecular weight excluding hydrogens is 294 g/mol. The molecule has 1 heterocycles. The Kier molecular flexibility index (Phi) is 6.77. The maximum Gasteiger partial charge on any atom is 0.363 e. The van der Waals surface area contributed by atoms with E-state index in [0.717, 1.165) is 24.3 Å². The van der Waals surface area contributed by atoms with Crippen LogP contribution in [-0.4, -0.2) is 28.0 Å². The third-order valence-corrected chi connectivity index (χ3v) is 3.09. The van der Waals surface area contributed by atoms with Gasteiger partial charge in [-0.15, -0.1) is 0 Å². The monoisotopic (exact) mass is 315 g/mol. The van der Waals surface area contributed by atoms with Crippen molar-refractivity contribution in [3.63, 3.8) is 0 Å². The van der Waals surface area contributed by atoms with E-state index in [1.54, 1.807) is 6.21 Å². The van der Waals surface area contributed by atoms with Crippen molar-refractivity contribution < 1.29 is 4.74 Å². The number of H-pyrrole nitrogens is 1. The molecule has 0 atom stereocenters. The molecule has 0 saturated carbocycles. The quantitative estimate of drug-likeness (QED) is 0.421. The molecule has 0 radical (unpaired) electrons. The highest BCUT2D eigenvalue weighted by atomic mass is 16.5. The van der Waals surface area contributed by atoms with E-state index in [4.69, 9.17) is 4.74 Å². The third-order valence-electron chi connectivity index (χ3n) is 3.09. The standard InChI is InChI=1S/C16H21N5O2/c1-2-3-4-5-9-23-14-8-6-7-13(10-14)11-17-20-15-12-18-21-16(22)19-15/h6-8,10-12H,2-5,9H2,1H3,(H2,19,20,21,22)/b17-11+. The first kappa shape index (κ1) is 16.7. The molecule has 2 N–H and O–H groups in total. The summed E-state index contributed by atoms with van der Waals surface area (Å²) in [4.78, 5) is 14.7. The molecule has 23 heavy (non-hydrogen) atoms. The Bertz CT molecular complexity index is 684. The first-order chi connectivity index (χ1) is 11.3. The number of hydrogen-bond acceptors (Lipinski definition) is 6. The smallest absolute Gasteiger partial charge is 0.363 e. The van der Waals surface area contributed by atoms with Gasteiger partial charge in [0, 0.05) is 0 Å². The average molecular weight is 315 g/mol. The van der Waals surface area contributed by atoms with Crippen molar-refractivity contribution in [1.82, 2.24) is 15.2 Å². The third kappa shape index (κ3) is 6.29. The number of anilines is 1. The molecule has 7 nitrogen and oxygen atoms in total. The number of unbranched alkanes of at least 4 members (excludes halogenated alkanes) is 3. The summed E-state index contributed by atoms with van der Waals surface area (Å²) in [5, 5.41) is 9.85. The van der Waals surface area contributed by atoms with Gasteiger partial charge >= 0.3 is 5.69 Å². The van der Waals surface area contributed by atoms with Crippen LogP contribution in [-0.2, 0) is 0 Å². The number of aromatic amines is 1. The highest BCUT2D eigenvalue weighted by molar-refractivity contribution is 5.80. The molecule has 122 valence electrons. The van der Waals surface area contributed by atoms with E-state index in [1.165, 1.54) is 25.5 Å². The van der Waals surface area contributed by atoms with Gasteiger partial charge in [-0.1, -0.05) is 38.3 Å². The largest absolute Gasteiger partial charge is 0.494 e. The summed E-state index contributed by atoms with van der Waals surface area (Å²) in [6, 6.07) is 7.66. The number of nitrogens with zero attached hydrogens (tertiary/aromatic N) is 3. The van der Waals surface area contributed by atoms with Crippen molar-refractivity contribution in [1.29, 1.82) is 0 Å². The average Bonchev–Trinajstić information content (AvgIpc) is 2.55. The van der Waals surface area contributed by atoms with Gasteiger partial charge in [-0.2, -0.15) is 15.2 Å². The van der Waals surface area contributed by atoms with E-state index in [2.05, 4.69) is 32.6 Å². The summed E-state index contributed by atoms with van der Waals surface area (Å²) in [7, 11) is 0. The molecule has 0 fully saturated rings. The van der Waals surface area contributed by atoms with E-state index in [1.807, 2.05) is 24.3 Å². The number of aromatic nitrogens is 3. The van der Waals surface area contributed by atoms with Crippen LogP contribution in [0.1, 0.15) is 38.2 Å². The molecule has 2 rings (SSSR count). The van der Waals surface area contributed by atoms with Crippen LogP contribution in [0, 0.1) is 0 Å². The van der Waals surface area contributed by atoms with Gasteiger partial charge in [-0.05, 0) is 24.1 Å². The van der Waals surface area contributed by atoms with Crippen LogP contribution in [0.3, 0.4) is 0 Å². The zero-order valence-corrected chi connectivity index (χ0v) is 13.2. The van der Waals surface area contributed by atoms with Crippen LogP contribution >= 0.6 is 0 Å². The molecule has 0 bridgehead atoms. The van der Waals surface area contributed by atoms with Gasteiger partial charge in [0.25, 0.3) is 0 Å². The Morgan fingerprint density at radius 2 is 2.26 bits per heavy atom. The van der Waals surface area contributed by atoms with Crippen LogP contribution in [0.15, 0.2) is 40.4 Å². The van der Waals surface area contributed by atoms with Gasteiger partial charge < -0.3 is 4.74 Å². The molecule has 0 spiro atoms. The second-order valence-corrected chi connectivity index (χ2v) is 5.02. The van der Waals surface area contributed by atoms with Gasteiger partial charge in [-0.3, -0.25) is 5.43 Å². The molecule has 0 amide bonds. The zero-order valence-electron chi connectivity index (χ0n) is 13.2. The normalized spacial score (nSPS) is 10.8. The fourth-order valence-corrected chi connectivity index (χ4v) is 1.94. The first-order valence-electron chi connectivity index (χ1n) is 7.71. The van der Waals surface area contributed by atoms with E-state index in [-0.39, 0.29) is 5.82 Å². The van der Waals surface area contributed by atoms with E-state index in [9.17, 15) is 4.79 Å². The summed E-state index contributed by atoms with van der Waals surface area (Å²) in [6.07, 6.45) is 7.73. The van der Waals surface area contributed by atoms with Crippen molar-refractivity contribution in [2.45, 2.75) is 32.6 Å². The molecular formula is C16H21N5O2. The fraction of sp³-hybridized carbons (Fsp3) is 0.375. The van der Waals surface area contributed by atoms with Crippen LogP contribution in [0.25, 0.3) is 0 Å². The summed E-state index contributed by atoms with van der Waals surface area (Å²) in [6.45, 7) is 2.91. The summed E-state index contributed by atoms with van der Waals surface area (Å²) in [5.74, 6) is 1.11. The highest BCUT2D eigenvalue weighted by Gasteiger charge is 1.96. The lowest BCUT2D eigenvalue weighted by molar-refractivity contribution is 0.305. The number of benzene rings is 1. The Morgan fingerprint density at radius 1 is 1.35 bits per heavy atom. The maximum absolute atomic E-state index is 11.0. The van der Waals surface area contributed by atoms with Crippen LogP contribution < -0.4 is 15.9 Å². The van der Waals surface area contributed by atoms with Gasteiger partial charge in [0.2, 0.25) is 0 Å². The maximum atomic E-state index is 11.0. The second kappa shape index (κ2) is 9.34. The molecule has 2 aromatic rings. The molecule has 0 aliphatic heterocycles. The highest BCUT2D eigenvalue weighted by Crippen LogP contribution is 2.13. The fourth-order valence-electron chi connectivity index (χ4n) is 1.94. The van der Waals surface area contributed by atoms with Crippen LogP contribution in [0.2, 0.25) is 0 Å². The van der Waals surface area contributed by atoms with Crippen molar-refractivity contribution in [2.24, 2.45) is 5.10 Å². The summed E-state index contributed by atoms with van der Waals surface area (Å²) >= 11 is 0. The first-order valence-corrected chi connectivity index (χ1v) is 7.71. The van der Waals surface area contributed by atoms with E-state index < -0.39 is 5.69 Å². The predicted molar refractivity (Wildman–Crippen MR) is 89.9 cm³/mol. The molecule has 0 unspecified atom stereocenters. The van der Waals surface area contributed by atoms with Gasteiger partial charge in [0.15, 0.2) is 5.82 Å². The number of rotatable bonds is 9. The Labute approximate surface area is 134 Å². The lowest BCUT2D eigenvalue weighted by Gasteiger charge is -2.06. The van der Waals surface area contributed by atoms with Crippen molar-refractivity contribution in [3.05, 3.63) is 46.5 Å². The zero-order chi connectivity index (χ0) is 16.3. The van der Waals surface area contributed by atoms with Gasteiger partial charge in [0.1, 0.15) is 5.75 Å². The summed E-state index contributed by atoms with van der Waals surface area (Å²) in [5.41, 5.74) is 3.02. The van der Waals surface area contributed by atoms with Crippen molar-refractivity contribution >= 4 is 12.0 Å². The molecule has 0 aliphatic rings. The summed E-state index contributed by atoms with van der Waals surface area (Å²) < 4.78 is 5.72. The molecule has 0 saturated heterocycles. The molecule has 1 aromatic heterocycles. The molecule has 0 aliphatic carbocycles. The van der Waals surface area contributed by atoms with Crippen LogP contribution in [0.4, 0.5) is 5.82 Å². The minimum absolute atomic E-state index is 0.285. The number of ether oxygens (including phenoxy) is 1. The molecule has 1 aromatic carbocycles. The number of hydrogen-bond donors (Lipinski definition) is 2. The van der Waals surface area contributed by atoms with Crippen LogP contribution in [0.5, 0.6) is 5.75 Å². The predicted octanol–water partition coefficient (Wildman–Crippen LogP) is 2.57. The lowest BCUT2D eigenvalue weighted by Crippen LogP contribution is -2.13. The minimum atomic E-state index is -0.524. The topological polar surface area (TPSA) is 92.3 Å². The van der Waals surface area contributed by atoms with Gasteiger partial charge in [0.05, 0.1) is 19.0 Å².